The molecule has 0 fully saturated rings. The molecular formula is C14H17Cl2N3O2. The molecule has 2 rings (SSSR count). The second-order valence-corrected chi connectivity index (χ2v) is 5.70. The number of aromatic nitrogens is 1. The summed E-state index contributed by atoms with van der Waals surface area (Å²) in [6, 6.07) is 5.21. The van der Waals surface area contributed by atoms with Crippen LogP contribution in [0.2, 0.25) is 10.2 Å². The first-order valence-corrected chi connectivity index (χ1v) is 7.16. The van der Waals surface area contributed by atoms with Gasteiger partial charge in [-0.15, -0.1) is 0 Å². The lowest BCUT2D eigenvalue weighted by Crippen LogP contribution is -2.35. The monoisotopic (exact) mass is 329 g/mol. The Kier molecular flexibility index (Phi) is 4.98. The molecule has 1 N–H and O–H groups in total. The molecule has 0 aliphatic heterocycles. The van der Waals surface area contributed by atoms with Gasteiger partial charge in [-0.1, -0.05) is 23.2 Å². The summed E-state index contributed by atoms with van der Waals surface area (Å²) in [7, 11) is 5.55. The van der Waals surface area contributed by atoms with Crippen molar-refractivity contribution in [2.45, 2.75) is 6.04 Å². The largest absolute Gasteiger partial charge is 0.468 e. The van der Waals surface area contributed by atoms with E-state index in [1.54, 1.807) is 23.9 Å². The first kappa shape index (κ1) is 15.9. The van der Waals surface area contributed by atoms with E-state index in [0.717, 1.165) is 5.76 Å². The van der Waals surface area contributed by atoms with E-state index in [0.29, 0.717) is 22.4 Å². The van der Waals surface area contributed by atoms with E-state index in [2.05, 4.69) is 5.32 Å². The lowest BCUT2D eigenvalue weighted by molar-refractivity contribution is 0.0931. The fourth-order valence-electron chi connectivity index (χ4n) is 2.06. The third-order valence-corrected chi connectivity index (χ3v) is 4.14. The average molecular weight is 330 g/mol. The first-order valence-electron chi connectivity index (χ1n) is 6.40. The maximum atomic E-state index is 12.2. The minimum atomic E-state index is -0.232. The molecule has 0 spiro atoms. The van der Waals surface area contributed by atoms with Crippen molar-refractivity contribution in [3.8, 4) is 0 Å². The number of rotatable bonds is 5. The topological polar surface area (TPSA) is 50.4 Å². The summed E-state index contributed by atoms with van der Waals surface area (Å²) < 4.78 is 6.95. The van der Waals surface area contributed by atoms with Crippen LogP contribution in [0, 0.1) is 0 Å². The van der Waals surface area contributed by atoms with Gasteiger partial charge in [0.25, 0.3) is 5.91 Å². The molecule has 0 unspecified atom stereocenters. The quantitative estimate of drug-likeness (QED) is 0.917. The van der Waals surface area contributed by atoms with Gasteiger partial charge in [-0.05, 0) is 32.3 Å². The second kappa shape index (κ2) is 6.56. The highest BCUT2D eigenvalue weighted by Crippen LogP contribution is 2.25. The Hall–Kier alpha value is -1.43. The minimum Gasteiger partial charge on any atom is -0.468 e. The number of halogens is 2. The highest BCUT2D eigenvalue weighted by atomic mass is 35.5. The molecule has 2 aromatic rings. The molecule has 5 nitrogen and oxygen atoms in total. The van der Waals surface area contributed by atoms with E-state index >= 15 is 0 Å². The number of hydrogen-bond acceptors (Lipinski definition) is 3. The molecular weight excluding hydrogens is 313 g/mol. The van der Waals surface area contributed by atoms with Crippen LogP contribution in [-0.4, -0.2) is 36.0 Å². The standard InChI is InChI=1S/C14H17Cl2N3O2/c1-18(2)11(12-5-4-6-21-12)8-17-14(20)10-7-9(15)13(16)19(10)3/h4-7,11H,8H2,1-3H3,(H,17,20)/t11-/m0/s1. The van der Waals surface area contributed by atoms with Crippen molar-refractivity contribution in [2.24, 2.45) is 7.05 Å². The SMILES string of the molecule is CN(C)[C@@H](CNC(=O)c1cc(Cl)c(Cl)n1C)c1ccco1. The van der Waals surface area contributed by atoms with Crippen molar-refractivity contribution < 1.29 is 9.21 Å². The van der Waals surface area contributed by atoms with E-state index < -0.39 is 0 Å². The van der Waals surface area contributed by atoms with Crippen LogP contribution in [0.3, 0.4) is 0 Å². The molecule has 0 aliphatic rings. The van der Waals surface area contributed by atoms with E-state index in [-0.39, 0.29) is 11.9 Å². The Bertz CT molecular complexity index is 620. The molecule has 0 aromatic carbocycles. The van der Waals surface area contributed by atoms with E-state index in [9.17, 15) is 4.79 Å². The zero-order valence-corrected chi connectivity index (χ0v) is 13.6. The predicted molar refractivity (Wildman–Crippen MR) is 82.9 cm³/mol. The van der Waals surface area contributed by atoms with Gasteiger partial charge in [0.1, 0.15) is 16.6 Å². The van der Waals surface area contributed by atoms with Crippen LogP contribution >= 0.6 is 23.2 Å². The number of nitrogens with zero attached hydrogens (tertiary/aromatic N) is 2. The number of nitrogens with one attached hydrogen (secondary N) is 1. The normalized spacial score (nSPS) is 12.7. The Morgan fingerprint density at radius 3 is 2.67 bits per heavy atom. The number of hydrogen-bond donors (Lipinski definition) is 1. The van der Waals surface area contributed by atoms with E-state index in [1.165, 1.54) is 0 Å². The predicted octanol–water partition coefficient (Wildman–Crippen LogP) is 2.96. The molecule has 114 valence electrons. The molecule has 1 atom stereocenters. The van der Waals surface area contributed by atoms with E-state index in [4.69, 9.17) is 27.6 Å². The Morgan fingerprint density at radius 2 is 2.19 bits per heavy atom. The lowest BCUT2D eigenvalue weighted by atomic mass is 10.2. The molecule has 0 radical (unpaired) electrons. The lowest BCUT2D eigenvalue weighted by Gasteiger charge is -2.22. The van der Waals surface area contributed by atoms with Gasteiger partial charge < -0.3 is 14.3 Å². The number of carbonyl (C=O) groups excluding carboxylic acids is 1. The Morgan fingerprint density at radius 1 is 1.48 bits per heavy atom. The van der Waals surface area contributed by atoms with Crippen molar-refractivity contribution in [1.29, 1.82) is 0 Å². The zero-order valence-electron chi connectivity index (χ0n) is 12.1. The van der Waals surface area contributed by atoms with Crippen LogP contribution < -0.4 is 5.32 Å². The fraction of sp³-hybridized carbons (Fsp3) is 0.357. The summed E-state index contributed by atoms with van der Waals surface area (Å²) in [5.41, 5.74) is 0.418. The zero-order chi connectivity index (χ0) is 15.6. The third kappa shape index (κ3) is 3.43. The number of carbonyl (C=O) groups is 1. The molecule has 2 heterocycles. The van der Waals surface area contributed by atoms with E-state index in [1.807, 2.05) is 31.1 Å². The van der Waals surface area contributed by atoms with Gasteiger partial charge in [-0.3, -0.25) is 9.69 Å². The van der Waals surface area contributed by atoms with Crippen molar-refractivity contribution in [1.82, 2.24) is 14.8 Å². The number of amides is 1. The van der Waals surface area contributed by atoms with Crippen LogP contribution in [0.4, 0.5) is 0 Å². The van der Waals surface area contributed by atoms with Crippen molar-refractivity contribution in [2.75, 3.05) is 20.6 Å². The van der Waals surface area contributed by atoms with Gasteiger partial charge in [0.2, 0.25) is 0 Å². The highest BCUT2D eigenvalue weighted by Gasteiger charge is 2.20. The summed E-state index contributed by atoms with van der Waals surface area (Å²) in [6.45, 7) is 0.416. The number of furan rings is 1. The molecule has 2 aromatic heterocycles. The molecule has 21 heavy (non-hydrogen) atoms. The summed E-state index contributed by atoms with van der Waals surface area (Å²) in [5, 5.41) is 3.58. The smallest absolute Gasteiger partial charge is 0.268 e. The summed E-state index contributed by atoms with van der Waals surface area (Å²) in [6.07, 6.45) is 1.62. The van der Waals surface area contributed by atoms with Crippen LogP contribution in [0.1, 0.15) is 22.3 Å². The molecule has 0 aliphatic carbocycles. The van der Waals surface area contributed by atoms with Crippen molar-refractivity contribution in [3.63, 3.8) is 0 Å². The van der Waals surface area contributed by atoms with Gasteiger partial charge in [0.15, 0.2) is 0 Å². The average Bonchev–Trinajstić information content (AvgIpc) is 3.03. The Labute approximate surface area is 133 Å². The molecule has 0 saturated carbocycles. The summed E-state index contributed by atoms with van der Waals surface area (Å²) in [4.78, 5) is 14.2. The molecule has 7 heteroatoms. The second-order valence-electron chi connectivity index (χ2n) is 4.93. The van der Waals surface area contributed by atoms with Crippen molar-refractivity contribution >= 4 is 29.1 Å². The van der Waals surface area contributed by atoms with Crippen LogP contribution in [0.15, 0.2) is 28.9 Å². The molecule has 1 amide bonds. The fourth-order valence-corrected chi connectivity index (χ4v) is 2.43. The van der Waals surface area contributed by atoms with Crippen LogP contribution in [0.25, 0.3) is 0 Å². The third-order valence-electron chi connectivity index (χ3n) is 3.30. The first-order chi connectivity index (χ1) is 9.91. The van der Waals surface area contributed by atoms with Gasteiger partial charge in [0, 0.05) is 13.6 Å². The van der Waals surface area contributed by atoms with Gasteiger partial charge in [-0.25, -0.2) is 0 Å². The van der Waals surface area contributed by atoms with Crippen LogP contribution in [0.5, 0.6) is 0 Å². The number of likely N-dealkylation sites (N-methyl/N-ethyl adjacent to an activating group) is 1. The summed E-state index contributed by atoms with van der Waals surface area (Å²) in [5.74, 6) is 0.563. The van der Waals surface area contributed by atoms with Crippen LogP contribution in [-0.2, 0) is 7.05 Å². The van der Waals surface area contributed by atoms with Crippen molar-refractivity contribution in [3.05, 3.63) is 46.1 Å². The summed E-state index contributed by atoms with van der Waals surface area (Å²) >= 11 is 11.9. The maximum absolute atomic E-state index is 12.2. The van der Waals surface area contributed by atoms with Gasteiger partial charge >= 0.3 is 0 Å². The maximum Gasteiger partial charge on any atom is 0.268 e. The minimum absolute atomic E-state index is 0.0461. The van der Waals surface area contributed by atoms with Gasteiger partial charge in [0.05, 0.1) is 17.3 Å². The molecule has 0 saturated heterocycles. The highest BCUT2D eigenvalue weighted by molar-refractivity contribution is 6.41. The van der Waals surface area contributed by atoms with Gasteiger partial charge in [-0.2, -0.15) is 0 Å². The molecule has 0 bridgehead atoms. The Balaban J connectivity index is 2.07.